The highest BCUT2D eigenvalue weighted by atomic mass is 19.1. The number of rotatable bonds is 7. The molecule has 1 aliphatic heterocycles. The summed E-state index contributed by atoms with van der Waals surface area (Å²) in [6.45, 7) is 2.58. The lowest BCUT2D eigenvalue weighted by Crippen LogP contribution is -2.43. The molecule has 1 heterocycles. The first kappa shape index (κ1) is 20.6. The summed E-state index contributed by atoms with van der Waals surface area (Å²) in [6.07, 6.45) is 8.02. The van der Waals surface area contributed by atoms with Crippen molar-refractivity contribution in [3.8, 4) is 5.75 Å². The van der Waals surface area contributed by atoms with E-state index >= 15 is 0 Å². The normalized spacial score (nSPS) is 26.9. The minimum absolute atomic E-state index is 0.0228. The van der Waals surface area contributed by atoms with E-state index in [0.29, 0.717) is 25.2 Å². The molecule has 2 N–H and O–H groups in total. The zero-order chi connectivity index (χ0) is 20.1. The lowest BCUT2D eigenvalue weighted by atomic mass is 9.65. The molecule has 0 radical (unpaired) electrons. The lowest BCUT2D eigenvalue weighted by molar-refractivity contribution is -0.137. The summed E-state index contributed by atoms with van der Waals surface area (Å²) in [4.78, 5) is 11.4. The van der Waals surface area contributed by atoms with Crippen molar-refractivity contribution in [2.24, 2.45) is 11.3 Å². The van der Waals surface area contributed by atoms with Gasteiger partial charge in [-0.25, -0.2) is 9.18 Å². The van der Waals surface area contributed by atoms with Crippen LogP contribution in [0.1, 0.15) is 44.3 Å². The molecule has 3 rings (SSSR count). The van der Waals surface area contributed by atoms with Gasteiger partial charge in [-0.15, -0.1) is 0 Å². The standard InChI is InChI=1S/C22H27FO5/c1-2-27-20(26)6-4-3-5-15-9-10-22(13-24)12-17(15)21(28-14-22)16-7-8-19(25)18(23)11-16/h4,6-9,11,17,21,24-25H,2-3,5,10,12-14H2,1H3/b6-4+. The molecule has 0 aromatic heterocycles. The van der Waals surface area contributed by atoms with E-state index in [4.69, 9.17) is 9.47 Å². The van der Waals surface area contributed by atoms with Crippen LogP contribution in [0.25, 0.3) is 0 Å². The van der Waals surface area contributed by atoms with E-state index in [2.05, 4.69) is 6.08 Å². The van der Waals surface area contributed by atoms with Gasteiger partial charge in [-0.3, -0.25) is 0 Å². The number of carbonyl (C=O) groups excluding carboxylic acids is 1. The maximum Gasteiger partial charge on any atom is 0.330 e. The third-order valence-electron chi connectivity index (χ3n) is 5.64. The van der Waals surface area contributed by atoms with Crippen LogP contribution in [0.3, 0.4) is 0 Å². The van der Waals surface area contributed by atoms with Gasteiger partial charge in [-0.05, 0) is 50.3 Å². The summed E-state index contributed by atoms with van der Waals surface area (Å²) in [7, 11) is 0. The van der Waals surface area contributed by atoms with Crippen molar-refractivity contribution in [3.05, 3.63) is 53.4 Å². The SMILES string of the molecule is CCOC(=O)/C=C/CCC1=CCC2(CO)COC(c3ccc(O)c(F)c3)C1C2. The van der Waals surface area contributed by atoms with Gasteiger partial charge in [0.2, 0.25) is 0 Å². The van der Waals surface area contributed by atoms with Gasteiger partial charge in [0.15, 0.2) is 11.6 Å². The Morgan fingerprint density at radius 3 is 3.00 bits per heavy atom. The average molecular weight is 390 g/mol. The number of aliphatic hydroxyl groups is 1. The molecule has 0 saturated carbocycles. The van der Waals surface area contributed by atoms with E-state index in [1.54, 1.807) is 19.1 Å². The molecule has 152 valence electrons. The minimum atomic E-state index is -0.668. The summed E-state index contributed by atoms with van der Waals surface area (Å²) in [5.74, 6) is -1.38. The molecule has 3 unspecified atom stereocenters. The van der Waals surface area contributed by atoms with Crippen LogP contribution in [0.4, 0.5) is 4.39 Å². The largest absolute Gasteiger partial charge is 0.505 e. The van der Waals surface area contributed by atoms with Gasteiger partial charge in [0, 0.05) is 17.4 Å². The van der Waals surface area contributed by atoms with Crippen LogP contribution in [0, 0.1) is 17.2 Å². The maximum absolute atomic E-state index is 13.9. The Hall–Kier alpha value is -2.18. The third-order valence-corrected chi connectivity index (χ3v) is 5.64. The van der Waals surface area contributed by atoms with Gasteiger partial charge in [0.05, 0.1) is 25.9 Å². The number of phenolic OH excluding ortho intramolecular Hbond substituents is 1. The van der Waals surface area contributed by atoms with Gasteiger partial charge < -0.3 is 19.7 Å². The summed E-state index contributed by atoms with van der Waals surface area (Å²) >= 11 is 0. The van der Waals surface area contributed by atoms with Gasteiger partial charge in [-0.2, -0.15) is 0 Å². The van der Waals surface area contributed by atoms with E-state index in [0.717, 1.165) is 19.3 Å². The molecule has 2 aliphatic rings. The second kappa shape index (κ2) is 8.88. The highest BCUT2D eigenvalue weighted by molar-refractivity contribution is 5.81. The van der Waals surface area contributed by atoms with Gasteiger partial charge in [0.25, 0.3) is 0 Å². The van der Waals surface area contributed by atoms with E-state index in [1.807, 2.05) is 0 Å². The first-order chi connectivity index (χ1) is 13.5. The van der Waals surface area contributed by atoms with Crippen LogP contribution >= 0.6 is 0 Å². The van der Waals surface area contributed by atoms with Crippen LogP contribution < -0.4 is 0 Å². The molecule has 3 atom stereocenters. The number of aliphatic hydroxyl groups excluding tert-OH is 1. The Morgan fingerprint density at radius 2 is 2.29 bits per heavy atom. The number of phenols is 1. The molecule has 5 nitrogen and oxygen atoms in total. The van der Waals surface area contributed by atoms with E-state index in [9.17, 15) is 19.4 Å². The first-order valence-electron chi connectivity index (χ1n) is 9.71. The molecule has 2 bridgehead atoms. The van der Waals surface area contributed by atoms with Crippen LogP contribution in [0.15, 0.2) is 42.0 Å². The number of carbonyl (C=O) groups is 1. The summed E-state index contributed by atoms with van der Waals surface area (Å²) in [6, 6.07) is 4.34. The molecule has 0 spiro atoms. The smallest absolute Gasteiger partial charge is 0.330 e. The van der Waals surface area contributed by atoms with Crippen molar-refractivity contribution in [1.82, 2.24) is 0 Å². The molecular weight excluding hydrogens is 363 g/mol. The molecule has 1 fully saturated rings. The number of fused-ring (bicyclic) bond motifs is 2. The number of benzene rings is 1. The molecule has 1 aliphatic carbocycles. The van der Waals surface area contributed by atoms with E-state index < -0.39 is 5.82 Å². The number of allylic oxidation sites excluding steroid dienone is 2. The summed E-state index contributed by atoms with van der Waals surface area (Å²) < 4.78 is 24.8. The van der Waals surface area contributed by atoms with Gasteiger partial charge in [-0.1, -0.05) is 23.8 Å². The van der Waals surface area contributed by atoms with E-state index in [1.165, 1.54) is 23.8 Å². The topological polar surface area (TPSA) is 76.0 Å². The number of halogens is 1. The predicted octanol–water partition coefficient (Wildman–Crippen LogP) is 3.82. The highest BCUT2D eigenvalue weighted by Crippen LogP contribution is 2.51. The fourth-order valence-corrected chi connectivity index (χ4v) is 4.09. The molecule has 1 aromatic rings. The lowest BCUT2D eigenvalue weighted by Gasteiger charge is -2.47. The van der Waals surface area contributed by atoms with Crippen LogP contribution in [0.5, 0.6) is 5.75 Å². The molecule has 1 aromatic carbocycles. The van der Waals surface area contributed by atoms with Crippen LogP contribution in [-0.4, -0.2) is 36.0 Å². The number of esters is 1. The zero-order valence-electron chi connectivity index (χ0n) is 16.1. The molecule has 28 heavy (non-hydrogen) atoms. The van der Waals surface area contributed by atoms with Gasteiger partial charge in [0.1, 0.15) is 0 Å². The maximum atomic E-state index is 13.9. The average Bonchev–Trinajstić information content (AvgIpc) is 2.69. The second-order valence-corrected chi connectivity index (χ2v) is 7.59. The monoisotopic (exact) mass is 390 g/mol. The quantitative estimate of drug-likeness (QED) is 0.421. The Morgan fingerprint density at radius 1 is 1.46 bits per heavy atom. The van der Waals surface area contributed by atoms with E-state index in [-0.39, 0.29) is 35.8 Å². The van der Waals surface area contributed by atoms with Crippen LogP contribution in [0.2, 0.25) is 0 Å². The van der Waals surface area contributed by atoms with Crippen molar-refractivity contribution in [2.45, 2.75) is 38.7 Å². The number of aromatic hydroxyl groups is 1. The predicted molar refractivity (Wildman–Crippen MR) is 102 cm³/mol. The highest BCUT2D eigenvalue weighted by Gasteiger charge is 2.45. The Balaban J connectivity index is 1.76. The summed E-state index contributed by atoms with van der Waals surface area (Å²) in [5.41, 5.74) is 1.58. The Labute approximate surface area is 164 Å². The third kappa shape index (κ3) is 4.45. The van der Waals surface area contributed by atoms with Gasteiger partial charge >= 0.3 is 5.97 Å². The Bertz CT molecular complexity index is 772. The zero-order valence-corrected chi connectivity index (χ0v) is 16.1. The second-order valence-electron chi connectivity index (χ2n) is 7.59. The molecule has 1 saturated heterocycles. The van der Waals surface area contributed by atoms with Crippen molar-refractivity contribution in [2.75, 3.05) is 19.8 Å². The van der Waals surface area contributed by atoms with Crippen molar-refractivity contribution < 1.29 is 28.9 Å². The van der Waals surface area contributed by atoms with Crippen LogP contribution in [-0.2, 0) is 14.3 Å². The number of hydrogen-bond acceptors (Lipinski definition) is 5. The van der Waals surface area contributed by atoms with Crippen molar-refractivity contribution in [1.29, 1.82) is 0 Å². The minimum Gasteiger partial charge on any atom is -0.505 e. The fourth-order valence-electron chi connectivity index (χ4n) is 4.09. The number of ether oxygens (including phenoxy) is 2. The first-order valence-corrected chi connectivity index (χ1v) is 9.71. The molecule has 6 heteroatoms. The fraction of sp³-hybridized carbons (Fsp3) is 0.500. The Kier molecular flexibility index (Phi) is 6.52. The number of hydrogen-bond donors (Lipinski definition) is 2. The van der Waals surface area contributed by atoms with Crippen molar-refractivity contribution in [3.63, 3.8) is 0 Å². The molecule has 0 amide bonds. The van der Waals surface area contributed by atoms with Crippen molar-refractivity contribution >= 4 is 5.97 Å². The molecular formula is C22H27FO5. The summed E-state index contributed by atoms with van der Waals surface area (Å²) in [5, 5.41) is 19.3.